The van der Waals surface area contributed by atoms with Crippen molar-refractivity contribution in [1.29, 1.82) is 0 Å². The monoisotopic (exact) mass is 336 g/mol. The number of ether oxygens (including phenoxy) is 1. The predicted octanol–water partition coefficient (Wildman–Crippen LogP) is 1.95. The average molecular weight is 336 g/mol. The number of non-ortho nitro benzene ring substituents is 1. The number of hydrogen-bond acceptors (Lipinski definition) is 6. The number of rotatable bonds is 6. The summed E-state index contributed by atoms with van der Waals surface area (Å²) in [5.74, 6) is 0.577. The first-order chi connectivity index (χ1) is 11.1. The molecule has 0 aliphatic carbocycles. The zero-order valence-electron chi connectivity index (χ0n) is 12.3. The van der Waals surface area contributed by atoms with Crippen molar-refractivity contribution in [2.75, 3.05) is 6.61 Å². The molecule has 0 saturated carbocycles. The molecule has 1 unspecified atom stereocenters. The summed E-state index contributed by atoms with van der Waals surface area (Å²) in [6.45, 7) is 1.24. The largest absolute Gasteiger partial charge is 0.376 e. The summed E-state index contributed by atoms with van der Waals surface area (Å²) < 4.78 is 7.15. The van der Waals surface area contributed by atoms with Crippen molar-refractivity contribution in [3.05, 3.63) is 50.4 Å². The molecule has 1 atom stereocenters. The Balaban J connectivity index is 1.65. The summed E-state index contributed by atoms with van der Waals surface area (Å²) in [7, 11) is 0. The van der Waals surface area contributed by atoms with Gasteiger partial charge >= 0.3 is 5.69 Å². The Hall–Kier alpha value is -2.13. The molecule has 0 amide bonds. The van der Waals surface area contributed by atoms with E-state index in [1.54, 1.807) is 16.7 Å². The van der Waals surface area contributed by atoms with E-state index in [1.807, 2.05) is 0 Å². The summed E-state index contributed by atoms with van der Waals surface area (Å²) in [4.78, 5) is 22.1. The van der Waals surface area contributed by atoms with Crippen LogP contribution >= 0.6 is 11.8 Å². The molecule has 1 aromatic carbocycles. The van der Waals surface area contributed by atoms with Crippen molar-refractivity contribution < 1.29 is 9.66 Å². The average Bonchev–Trinajstić information content (AvgIpc) is 3.18. The van der Waals surface area contributed by atoms with Gasteiger partial charge in [-0.3, -0.25) is 14.7 Å². The van der Waals surface area contributed by atoms with Crippen LogP contribution in [-0.2, 0) is 17.0 Å². The third-order valence-corrected chi connectivity index (χ3v) is 4.70. The molecule has 0 spiro atoms. The fourth-order valence-electron chi connectivity index (χ4n) is 2.43. The Morgan fingerprint density at radius 1 is 1.43 bits per heavy atom. The molecule has 0 radical (unpaired) electrons. The van der Waals surface area contributed by atoms with Crippen LogP contribution in [0.3, 0.4) is 0 Å². The van der Waals surface area contributed by atoms with E-state index in [0.29, 0.717) is 17.5 Å². The van der Waals surface area contributed by atoms with E-state index in [1.165, 1.54) is 23.9 Å². The number of aromatic amines is 1. The number of H-pyrrole nitrogens is 1. The zero-order valence-corrected chi connectivity index (χ0v) is 13.1. The lowest BCUT2D eigenvalue weighted by Crippen LogP contribution is -2.24. The van der Waals surface area contributed by atoms with Gasteiger partial charge in [-0.15, -0.1) is 5.10 Å². The van der Waals surface area contributed by atoms with Gasteiger partial charge in [0, 0.05) is 24.5 Å². The number of nitro groups is 1. The molecule has 1 fully saturated rings. The highest BCUT2D eigenvalue weighted by Crippen LogP contribution is 2.22. The number of nitro benzene ring substituents is 1. The topological polar surface area (TPSA) is 103 Å². The van der Waals surface area contributed by atoms with Crippen molar-refractivity contribution in [2.45, 2.75) is 36.4 Å². The Morgan fingerprint density at radius 2 is 2.22 bits per heavy atom. The lowest BCUT2D eigenvalue weighted by atomic mass is 10.2. The first-order valence-electron chi connectivity index (χ1n) is 7.26. The van der Waals surface area contributed by atoms with E-state index in [9.17, 15) is 14.9 Å². The van der Waals surface area contributed by atoms with Gasteiger partial charge in [-0.2, -0.15) is 0 Å². The maximum Gasteiger partial charge on any atom is 0.344 e. The number of hydrogen-bond donors (Lipinski definition) is 1. The number of nitrogens with one attached hydrogen (secondary N) is 1. The molecule has 0 bridgehead atoms. The van der Waals surface area contributed by atoms with Crippen LogP contribution in [0.2, 0.25) is 0 Å². The number of thioether (sulfide) groups is 1. The van der Waals surface area contributed by atoms with Crippen LogP contribution < -0.4 is 5.69 Å². The molecule has 1 aliphatic rings. The van der Waals surface area contributed by atoms with Crippen LogP contribution in [0.4, 0.5) is 5.69 Å². The summed E-state index contributed by atoms with van der Waals surface area (Å²) in [6.07, 6.45) is 2.02. The van der Waals surface area contributed by atoms with Crippen LogP contribution in [-0.4, -0.2) is 32.4 Å². The van der Waals surface area contributed by atoms with Crippen molar-refractivity contribution in [1.82, 2.24) is 14.8 Å². The lowest BCUT2D eigenvalue weighted by molar-refractivity contribution is -0.384. The Morgan fingerprint density at radius 3 is 2.87 bits per heavy atom. The first-order valence-corrected chi connectivity index (χ1v) is 8.25. The van der Waals surface area contributed by atoms with Gasteiger partial charge in [-0.25, -0.2) is 9.89 Å². The maximum atomic E-state index is 11.9. The summed E-state index contributed by atoms with van der Waals surface area (Å²) >= 11 is 1.41. The van der Waals surface area contributed by atoms with E-state index >= 15 is 0 Å². The van der Waals surface area contributed by atoms with Gasteiger partial charge in [0.05, 0.1) is 17.6 Å². The second kappa shape index (κ2) is 6.97. The number of aromatic nitrogens is 3. The van der Waals surface area contributed by atoms with E-state index in [0.717, 1.165) is 25.0 Å². The summed E-state index contributed by atoms with van der Waals surface area (Å²) in [6, 6.07) is 6.36. The minimum atomic E-state index is -0.427. The Labute approximate surface area is 136 Å². The molecular weight excluding hydrogens is 320 g/mol. The van der Waals surface area contributed by atoms with Gasteiger partial charge in [0.2, 0.25) is 0 Å². The van der Waals surface area contributed by atoms with Gasteiger partial charge in [-0.05, 0) is 18.4 Å². The second-order valence-corrected chi connectivity index (χ2v) is 6.21. The smallest absolute Gasteiger partial charge is 0.344 e. The third-order valence-electron chi connectivity index (χ3n) is 3.65. The Kier molecular flexibility index (Phi) is 4.77. The number of benzene rings is 1. The van der Waals surface area contributed by atoms with Gasteiger partial charge in [0.1, 0.15) is 0 Å². The highest BCUT2D eigenvalue weighted by Gasteiger charge is 2.19. The van der Waals surface area contributed by atoms with Crippen LogP contribution in [0, 0.1) is 10.1 Å². The minimum absolute atomic E-state index is 0.0593. The van der Waals surface area contributed by atoms with Crippen LogP contribution in [0.25, 0.3) is 0 Å². The molecule has 1 aromatic heterocycles. The SMILES string of the molecule is O=c1[nH]nc(SCc2ccc([N+](=O)[O-])cc2)n1CC1CCCO1. The molecule has 9 heteroatoms. The van der Waals surface area contributed by atoms with E-state index in [2.05, 4.69) is 10.2 Å². The molecule has 23 heavy (non-hydrogen) atoms. The fraction of sp³-hybridized carbons (Fsp3) is 0.429. The molecule has 8 nitrogen and oxygen atoms in total. The molecule has 2 aromatic rings. The van der Waals surface area contributed by atoms with Gasteiger partial charge in [0.15, 0.2) is 5.16 Å². The summed E-state index contributed by atoms with van der Waals surface area (Å²) in [5.41, 5.74) is 0.750. The van der Waals surface area contributed by atoms with Gasteiger partial charge in [-0.1, -0.05) is 23.9 Å². The zero-order chi connectivity index (χ0) is 16.2. The fourth-order valence-corrected chi connectivity index (χ4v) is 3.34. The molecule has 122 valence electrons. The van der Waals surface area contributed by atoms with Crippen molar-refractivity contribution in [2.24, 2.45) is 0 Å². The lowest BCUT2D eigenvalue weighted by Gasteiger charge is -2.10. The van der Waals surface area contributed by atoms with Crippen molar-refractivity contribution in [3.8, 4) is 0 Å². The molecule has 3 rings (SSSR count). The van der Waals surface area contributed by atoms with Crippen LogP contribution in [0.15, 0.2) is 34.2 Å². The van der Waals surface area contributed by atoms with Crippen molar-refractivity contribution in [3.63, 3.8) is 0 Å². The summed E-state index contributed by atoms with van der Waals surface area (Å²) in [5, 5.41) is 17.7. The minimum Gasteiger partial charge on any atom is -0.376 e. The first kappa shape index (κ1) is 15.8. The molecule has 2 heterocycles. The maximum absolute atomic E-state index is 11.9. The van der Waals surface area contributed by atoms with E-state index in [-0.39, 0.29) is 17.5 Å². The molecule has 1 saturated heterocycles. The quantitative estimate of drug-likeness (QED) is 0.491. The van der Waals surface area contributed by atoms with E-state index in [4.69, 9.17) is 4.74 Å². The highest BCUT2D eigenvalue weighted by atomic mass is 32.2. The molecule has 1 N–H and O–H groups in total. The second-order valence-electron chi connectivity index (χ2n) is 5.27. The highest BCUT2D eigenvalue weighted by molar-refractivity contribution is 7.98. The third kappa shape index (κ3) is 3.80. The number of nitrogens with zero attached hydrogens (tertiary/aromatic N) is 3. The van der Waals surface area contributed by atoms with Crippen molar-refractivity contribution >= 4 is 17.4 Å². The predicted molar refractivity (Wildman–Crippen MR) is 84.5 cm³/mol. The van der Waals surface area contributed by atoms with Crippen LogP contribution in [0.1, 0.15) is 18.4 Å². The normalized spacial score (nSPS) is 17.5. The Bertz CT molecular complexity index is 734. The standard InChI is InChI=1S/C14H16N4O4S/c19-13-15-16-14(17(13)8-12-2-1-7-22-12)23-9-10-3-5-11(6-4-10)18(20)21/h3-6,12H,1-2,7-9H2,(H,15,19). The van der Waals surface area contributed by atoms with Gasteiger partial charge in [0.25, 0.3) is 5.69 Å². The van der Waals surface area contributed by atoms with E-state index < -0.39 is 4.92 Å². The molecular formula is C14H16N4O4S. The van der Waals surface area contributed by atoms with Gasteiger partial charge < -0.3 is 4.74 Å². The molecule has 1 aliphatic heterocycles. The van der Waals surface area contributed by atoms with Crippen LogP contribution in [0.5, 0.6) is 0 Å².